The number of aromatic nitrogens is 2. The molecular formula is C18H14FN3O2S. The second kappa shape index (κ2) is 8.25. The van der Waals surface area contributed by atoms with Crippen LogP contribution in [0.25, 0.3) is 0 Å². The lowest BCUT2D eigenvalue weighted by Crippen LogP contribution is -2.13. The standard InChI is InChI=1S/C18H14FN3O2S/c19-13-1-7-16(8-2-13)25-12-17(23)22-14-3-5-15(6-4-14)24-18-11-20-9-10-21-18/h1-11H,12H2,(H,22,23). The Morgan fingerprint density at radius 2 is 1.84 bits per heavy atom. The van der Waals surface area contributed by atoms with Gasteiger partial charge in [-0.1, -0.05) is 0 Å². The molecule has 0 fully saturated rings. The highest BCUT2D eigenvalue weighted by molar-refractivity contribution is 8.00. The summed E-state index contributed by atoms with van der Waals surface area (Å²) in [4.78, 5) is 20.8. The highest BCUT2D eigenvalue weighted by atomic mass is 32.2. The zero-order valence-electron chi connectivity index (χ0n) is 13.1. The summed E-state index contributed by atoms with van der Waals surface area (Å²) in [6, 6.07) is 13.0. The van der Waals surface area contributed by atoms with Gasteiger partial charge in [-0.05, 0) is 48.5 Å². The minimum absolute atomic E-state index is 0.142. The van der Waals surface area contributed by atoms with Gasteiger partial charge in [0.15, 0.2) is 0 Å². The van der Waals surface area contributed by atoms with E-state index in [0.29, 0.717) is 17.3 Å². The van der Waals surface area contributed by atoms with Gasteiger partial charge in [-0.15, -0.1) is 11.8 Å². The number of carbonyl (C=O) groups excluding carboxylic acids is 1. The van der Waals surface area contributed by atoms with E-state index in [4.69, 9.17) is 4.74 Å². The second-order valence-corrected chi connectivity index (χ2v) is 6.01. The van der Waals surface area contributed by atoms with Gasteiger partial charge in [-0.2, -0.15) is 0 Å². The van der Waals surface area contributed by atoms with Crippen molar-refractivity contribution in [2.75, 3.05) is 11.1 Å². The van der Waals surface area contributed by atoms with E-state index in [0.717, 1.165) is 4.90 Å². The van der Waals surface area contributed by atoms with Crippen molar-refractivity contribution >= 4 is 23.4 Å². The zero-order valence-corrected chi connectivity index (χ0v) is 13.9. The van der Waals surface area contributed by atoms with Crippen LogP contribution in [0.15, 0.2) is 72.0 Å². The molecule has 0 saturated heterocycles. The van der Waals surface area contributed by atoms with Crippen LogP contribution in [0, 0.1) is 5.82 Å². The van der Waals surface area contributed by atoms with Crippen LogP contribution >= 0.6 is 11.8 Å². The summed E-state index contributed by atoms with van der Waals surface area (Å²) in [7, 11) is 0. The van der Waals surface area contributed by atoms with Crippen LogP contribution in [0.5, 0.6) is 11.6 Å². The maximum atomic E-state index is 12.8. The predicted octanol–water partition coefficient (Wildman–Crippen LogP) is 4.14. The third-order valence-corrected chi connectivity index (χ3v) is 4.10. The van der Waals surface area contributed by atoms with E-state index < -0.39 is 0 Å². The number of rotatable bonds is 6. The molecule has 0 saturated carbocycles. The Kier molecular flexibility index (Phi) is 5.58. The first-order chi connectivity index (χ1) is 12.2. The molecule has 1 aromatic heterocycles. The van der Waals surface area contributed by atoms with Crippen molar-refractivity contribution in [3.05, 3.63) is 72.9 Å². The van der Waals surface area contributed by atoms with E-state index in [-0.39, 0.29) is 17.5 Å². The Bertz CT molecular complexity index is 827. The average Bonchev–Trinajstić information content (AvgIpc) is 2.64. The molecule has 3 rings (SSSR count). The minimum Gasteiger partial charge on any atom is -0.438 e. The van der Waals surface area contributed by atoms with Crippen LogP contribution in [-0.2, 0) is 4.79 Å². The van der Waals surface area contributed by atoms with Gasteiger partial charge in [0, 0.05) is 23.0 Å². The maximum absolute atomic E-state index is 12.8. The van der Waals surface area contributed by atoms with Gasteiger partial charge in [-0.3, -0.25) is 9.78 Å². The summed E-state index contributed by atoms with van der Waals surface area (Å²) in [5.41, 5.74) is 0.663. The summed E-state index contributed by atoms with van der Waals surface area (Å²) < 4.78 is 18.4. The Labute approximate surface area is 148 Å². The lowest BCUT2D eigenvalue weighted by molar-refractivity contribution is -0.113. The molecule has 126 valence electrons. The molecule has 0 aliphatic rings. The molecule has 2 aromatic carbocycles. The molecular weight excluding hydrogens is 341 g/mol. The first kappa shape index (κ1) is 16.9. The lowest BCUT2D eigenvalue weighted by Gasteiger charge is -2.07. The predicted molar refractivity (Wildman–Crippen MR) is 94.3 cm³/mol. The molecule has 25 heavy (non-hydrogen) atoms. The van der Waals surface area contributed by atoms with Gasteiger partial charge in [-0.25, -0.2) is 9.37 Å². The van der Waals surface area contributed by atoms with E-state index >= 15 is 0 Å². The molecule has 0 spiro atoms. The van der Waals surface area contributed by atoms with E-state index in [9.17, 15) is 9.18 Å². The summed E-state index contributed by atoms with van der Waals surface area (Å²) in [5, 5.41) is 2.80. The number of thioether (sulfide) groups is 1. The van der Waals surface area contributed by atoms with Crippen LogP contribution in [0.3, 0.4) is 0 Å². The Hall–Kier alpha value is -2.93. The highest BCUT2D eigenvalue weighted by Gasteiger charge is 2.05. The van der Waals surface area contributed by atoms with E-state index in [2.05, 4.69) is 15.3 Å². The number of hydrogen-bond acceptors (Lipinski definition) is 5. The highest BCUT2D eigenvalue weighted by Crippen LogP contribution is 2.22. The molecule has 0 bridgehead atoms. The van der Waals surface area contributed by atoms with Gasteiger partial charge < -0.3 is 10.1 Å². The number of hydrogen-bond donors (Lipinski definition) is 1. The van der Waals surface area contributed by atoms with Crippen LogP contribution in [0.4, 0.5) is 10.1 Å². The number of carbonyl (C=O) groups is 1. The summed E-state index contributed by atoms with van der Waals surface area (Å²) in [6.07, 6.45) is 4.63. The Balaban J connectivity index is 1.50. The van der Waals surface area contributed by atoms with Crippen molar-refractivity contribution in [3.8, 4) is 11.6 Å². The molecule has 1 N–H and O–H groups in total. The normalized spacial score (nSPS) is 10.3. The first-order valence-electron chi connectivity index (χ1n) is 7.41. The van der Waals surface area contributed by atoms with Crippen molar-refractivity contribution in [3.63, 3.8) is 0 Å². The Morgan fingerprint density at radius 3 is 2.52 bits per heavy atom. The quantitative estimate of drug-likeness (QED) is 0.673. The maximum Gasteiger partial charge on any atom is 0.237 e. The Morgan fingerprint density at radius 1 is 1.08 bits per heavy atom. The van der Waals surface area contributed by atoms with Crippen molar-refractivity contribution in [1.82, 2.24) is 9.97 Å². The van der Waals surface area contributed by atoms with Crippen molar-refractivity contribution in [2.45, 2.75) is 4.90 Å². The number of benzene rings is 2. The number of halogens is 1. The van der Waals surface area contributed by atoms with Gasteiger partial charge >= 0.3 is 0 Å². The summed E-state index contributed by atoms with van der Waals surface area (Å²) in [5.74, 6) is 0.799. The smallest absolute Gasteiger partial charge is 0.237 e. The number of nitrogens with one attached hydrogen (secondary N) is 1. The molecule has 0 aliphatic carbocycles. The second-order valence-electron chi connectivity index (χ2n) is 4.96. The zero-order chi connectivity index (χ0) is 17.5. The van der Waals surface area contributed by atoms with Crippen molar-refractivity contribution < 1.29 is 13.9 Å². The molecule has 0 aliphatic heterocycles. The fourth-order valence-corrected chi connectivity index (χ4v) is 2.64. The van der Waals surface area contributed by atoms with E-state index in [1.165, 1.54) is 30.1 Å². The van der Waals surface area contributed by atoms with Gasteiger partial charge in [0.05, 0.1) is 11.9 Å². The molecule has 0 atom stereocenters. The molecule has 0 radical (unpaired) electrons. The summed E-state index contributed by atoms with van der Waals surface area (Å²) in [6.45, 7) is 0. The largest absolute Gasteiger partial charge is 0.438 e. The van der Waals surface area contributed by atoms with Crippen LogP contribution in [0.2, 0.25) is 0 Å². The van der Waals surface area contributed by atoms with Gasteiger partial charge in [0.2, 0.25) is 11.8 Å². The third-order valence-electron chi connectivity index (χ3n) is 3.08. The summed E-state index contributed by atoms with van der Waals surface area (Å²) >= 11 is 1.34. The minimum atomic E-state index is -0.294. The molecule has 0 unspecified atom stereocenters. The molecule has 1 amide bonds. The van der Waals surface area contributed by atoms with Crippen molar-refractivity contribution in [1.29, 1.82) is 0 Å². The number of anilines is 1. The first-order valence-corrected chi connectivity index (χ1v) is 8.40. The SMILES string of the molecule is O=C(CSc1ccc(F)cc1)Nc1ccc(Oc2cnccn2)cc1. The number of amides is 1. The topological polar surface area (TPSA) is 64.1 Å². The van der Waals surface area contributed by atoms with Crippen molar-refractivity contribution in [2.24, 2.45) is 0 Å². The lowest BCUT2D eigenvalue weighted by atomic mass is 10.3. The van der Waals surface area contributed by atoms with Gasteiger partial charge in [0.25, 0.3) is 0 Å². The molecule has 3 aromatic rings. The third kappa shape index (κ3) is 5.29. The average molecular weight is 355 g/mol. The van der Waals surface area contributed by atoms with E-state index in [1.807, 2.05) is 0 Å². The number of ether oxygens (including phenoxy) is 1. The van der Waals surface area contributed by atoms with Gasteiger partial charge in [0.1, 0.15) is 11.6 Å². The van der Waals surface area contributed by atoms with Crippen LogP contribution in [0.1, 0.15) is 0 Å². The van der Waals surface area contributed by atoms with Crippen LogP contribution < -0.4 is 10.1 Å². The fraction of sp³-hybridized carbons (Fsp3) is 0.0556. The molecule has 1 heterocycles. The monoisotopic (exact) mass is 355 g/mol. The number of nitrogens with zero attached hydrogens (tertiary/aromatic N) is 2. The molecule has 5 nitrogen and oxygen atoms in total. The molecule has 7 heteroatoms. The van der Waals surface area contributed by atoms with E-state index in [1.54, 1.807) is 48.8 Å². The van der Waals surface area contributed by atoms with Crippen LogP contribution in [-0.4, -0.2) is 21.6 Å². The fourth-order valence-electron chi connectivity index (χ4n) is 1.94.